The fourth-order valence-corrected chi connectivity index (χ4v) is 6.49. The fraction of sp³-hybridized carbons (Fsp3) is 0.387. The Morgan fingerprint density at radius 1 is 1.12 bits per heavy atom. The molecule has 0 bridgehead atoms. The predicted octanol–water partition coefficient (Wildman–Crippen LogP) is 5.67. The minimum atomic E-state index is -0.471. The molecule has 2 saturated heterocycles. The number of amides is 1. The number of nitrogens with zero attached hydrogens (tertiary/aromatic N) is 3. The van der Waals surface area contributed by atoms with Crippen molar-refractivity contribution in [1.29, 1.82) is 0 Å². The Hall–Kier alpha value is -3.40. The highest BCUT2D eigenvalue weighted by Crippen LogP contribution is 2.52. The van der Waals surface area contributed by atoms with Gasteiger partial charge in [0, 0.05) is 39.3 Å². The van der Waals surface area contributed by atoms with Crippen LogP contribution in [0.5, 0.6) is 10.8 Å². The molecule has 2 aliphatic heterocycles. The van der Waals surface area contributed by atoms with Crippen molar-refractivity contribution in [3.63, 3.8) is 0 Å². The van der Waals surface area contributed by atoms with Crippen molar-refractivity contribution in [3.8, 4) is 10.8 Å². The Balaban J connectivity index is 1.10. The number of ether oxygens (including phenoxy) is 3. The van der Waals surface area contributed by atoms with Gasteiger partial charge in [-0.2, -0.15) is 0 Å². The molecule has 1 amide bonds. The molecule has 3 aliphatic rings. The molecule has 6 rings (SSSR count). The van der Waals surface area contributed by atoms with Crippen molar-refractivity contribution in [2.24, 2.45) is 17.8 Å². The van der Waals surface area contributed by atoms with Crippen molar-refractivity contribution in [1.82, 2.24) is 4.90 Å². The zero-order valence-electron chi connectivity index (χ0n) is 22.4. The molecule has 2 aromatic carbocycles. The van der Waals surface area contributed by atoms with E-state index in [0.29, 0.717) is 73.6 Å². The second kappa shape index (κ2) is 12.0. The summed E-state index contributed by atoms with van der Waals surface area (Å²) < 4.78 is 31.9. The molecule has 0 radical (unpaired) electrons. The number of rotatable bonds is 10. The second-order valence-electron chi connectivity index (χ2n) is 10.6. The minimum absolute atomic E-state index is 0.337. The smallest absolute Gasteiger partial charge is 0.420 e. The summed E-state index contributed by atoms with van der Waals surface area (Å²) in [4.78, 5) is 19.4. The zero-order chi connectivity index (χ0) is 27.5. The first-order chi connectivity index (χ1) is 19.6. The highest BCUT2D eigenvalue weighted by molar-refractivity contribution is 7.11. The Labute approximate surface area is 238 Å². The lowest BCUT2D eigenvalue weighted by Crippen LogP contribution is -2.38. The van der Waals surface area contributed by atoms with Gasteiger partial charge in [0.2, 0.25) is 0 Å². The van der Waals surface area contributed by atoms with E-state index in [9.17, 15) is 4.79 Å². The first kappa shape index (κ1) is 26.8. The number of hydrogen-bond donors (Lipinski definition) is 0. The summed E-state index contributed by atoms with van der Waals surface area (Å²) in [7, 11) is 0. The van der Waals surface area contributed by atoms with E-state index < -0.39 is 6.09 Å². The van der Waals surface area contributed by atoms with Crippen LogP contribution in [0.2, 0.25) is 0 Å². The summed E-state index contributed by atoms with van der Waals surface area (Å²) in [5.41, 5.74) is 2.32. The zero-order valence-corrected chi connectivity index (χ0v) is 23.2. The van der Waals surface area contributed by atoms with Gasteiger partial charge in [-0.05, 0) is 71.2 Å². The van der Waals surface area contributed by atoms with Gasteiger partial charge < -0.3 is 19.1 Å². The molecule has 2 unspecified atom stereocenters. The van der Waals surface area contributed by atoms with Crippen LogP contribution in [0, 0.1) is 23.6 Å². The SMILES string of the molecule is C=CCOc1ccc(CN2CC3C(C2)C3CN(C(=O)Oc2cccs2)c2ccc(N3CCOCC3)c(F)c2)cc1. The number of carbonyl (C=O) groups is 1. The Morgan fingerprint density at radius 2 is 1.90 bits per heavy atom. The number of halogens is 1. The van der Waals surface area contributed by atoms with Crippen molar-refractivity contribution < 1.29 is 23.4 Å². The molecule has 0 N–H and O–H groups in total. The van der Waals surface area contributed by atoms with Gasteiger partial charge in [0.1, 0.15) is 18.2 Å². The molecule has 210 valence electrons. The number of benzene rings is 2. The highest BCUT2D eigenvalue weighted by atomic mass is 32.1. The lowest BCUT2D eigenvalue weighted by Gasteiger charge is -2.30. The van der Waals surface area contributed by atoms with Crippen LogP contribution in [-0.2, 0) is 11.3 Å². The maximum Gasteiger partial charge on any atom is 0.420 e. The van der Waals surface area contributed by atoms with Crippen LogP contribution in [0.25, 0.3) is 0 Å². The van der Waals surface area contributed by atoms with Gasteiger partial charge in [-0.3, -0.25) is 9.80 Å². The molecular weight excluding hydrogens is 529 g/mol. The minimum Gasteiger partial charge on any atom is -0.490 e. The van der Waals surface area contributed by atoms with Gasteiger partial charge in [0.25, 0.3) is 0 Å². The third-order valence-electron chi connectivity index (χ3n) is 8.04. The summed E-state index contributed by atoms with van der Waals surface area (Å²) in [5, 5.41) is 2.40. The second-order valence-corrected chi connectivity index (χ2v) is 11.5. The van der Waals surface area contributed by atoms with Crippen LogP contribution in [0.4, 0.5) is 20.6 Å². The van der Waals surface area contributed by atoms with Crippen LogP contribution in [-0.4, -0.2) is 63.5 Å². The van der Waals surface area contributed by atoms with Gasteiger partial charge in [-0.1, -0.05) is 24.8 Å². The topological polar surface area (TPSA) is 54.5 Å². The summed E-state index contributed by atoms with van der Waals surface area (Å²) in [6.07, 6.45) is 1.27. The maximum absolute atomic E-state index is 15.3. The highest BCUT2D eigenvalue weighted by Gasteiger charge is 2.56. The van der Waals surface area contributed by atoms with E-state index in [-0.39, 0.29) is 5.82 Å². The average molecular weight is 564 g/mol. The van der Waals surface area contributed by atoms with E-state index in [1.807, 2.05) is 34.5 Å². The number of piperidine rings is 1. The first-order valence-electron chi connectivity index (χ1n) is 13.8. The quantitative estimate of drug-likeness (QED) is 0.296. The number of fused-ring (bicyclic) bond motifs is 1. The first-order valence-corrected chi connectivity index (χ1v) is 14.7. The van der Waals surface area contributed by atoms with Crippen molar-refractivity contribution in [2.75, 3.05) is 62.3 Å². The van der Waals surface area contributed by atoms with Crippen LogP contribution in [0.15, 0.2) is 72.6 Å². The number of hydrogen-bond acceptors (Lipinski definition) is 7. The Kier molecular flexibility index (Phi) is 8.04. The molecule has 7 nitrogen and oxygen atoms in total. The molecule has 3 fully saturated rings. The van der Waals surface area contributed by atoms with Gasteiger partial charge in [-0.15, -0.1) is 11.3 Å². The average Bonchev–Trinajstić information content (AvgIpc) is 3.31. The van der Waals surface area contributed by atoms with Crippen LogP contribution < -0.4 is 19.3 Å². The van der Waals surface area contributed by atoms with E-state index in [2.05, 4.69) is 23.6 Å². The normalized spacial score (nSPS) is 22.0. The largest absolute Gasteiger partial charge is 0.490 e. The third-order valence-corrected chi connectivity index (χ3v) is 8.78. The molecule has 1 saturated carbocycles. The van der Waals surface area contributed by atoms with E-state index in [1.165, 1.54) is 23.0 Å². The summed E-state index contributed by atoms with van der Waals surface area (Å²) in [5.74, 6) is 1.91. The number of likely N-dealkylation sites (tertiary alicyclic amines) is 1. The van der Waals surface area contributed by atoms with Crippen molar-refractivity contribution in [2.45, 2.75) is 6.54 Å². The van der Waals surface area contributed by atoms with E-state index in [1.54, 1.807) is 23.1 Å². The molecule has 3 heterocycles. The van der Waals surface area contributed by atoms with E-state index >= 15 is 4.39 Å². The number of anilines is 2. The molecule has 1 aliphatic carbocycles. The van der Waals surface area contributed by atoms with Gasteiger partial charge in [0.05, 0.1) is 24.6 Å². The monoisotopic (exact) mass is 563 g/mol. The lowest BCUT2D eigenvalue weighted by molar-refractivity contribution is 0.122. The van der Waals surface area contributed by atoms with E-state index in [4.69, 9.17) is 14.2 Å². The fourth-order valence-electron chi connectivity index (χ4n) is 5.92. The van der Waals surface area contributed by atoms with Crippen LogP contribution in [0.3, 0.4) is 0 Å². The molecular formula is C31H34FN3O4S. The third kappa shape index (κ3) is 6.01. The summed E-state index contributed by atoms with van der Waals surface area (Å²) in [6.45, 7) is 10.0. The Morgan fingerprint density at radius 3 is 2.58 bits per heavy atom. The maximum atomic E-state index is 15.3. The standard InChI is InChI=1S/C31H34FN3O4S/c1-2-13-38-24-8-5-22(6-9-24)18-33-19-25-26(20-33)27(25)21-35(31(36)39-30-4-3-16-40-30)23-7-10-29(28(32)17-23)34-11-14-37-15-12-34/h2-10,16-17,25-27H,1,11-15,18-21H2. The van der Waals surface area contributed by atoms with Crippen molar-refractivity contribution >= 4 is 28.8 Å². The van der Waals surface area contributed by atoms with Crippen LogP contribution >= 0.6 is 11.3 Å². The molecule has 2 atom stereocenters. The molecule has 9 heteroatoms. The summed E-state index contributed by atoms with van der Waals surface area (Å²) in [6, 6.07) is 16.9. The molecule has 1 aromatic heterocycles. The number of thiophene rings is 1. The van der Waals surface area contributed by atoms with E-state index in [0.717, 1.165) is 25.4 Å². The number of carbonyl (C=O) groups excluding carboxylic acids is 1. The van der Waals surface area contributed by atoms with Gasteiger partial charge in [-0.25, -0.2) is 9.18 Å². The molecule has 40 heavy (non-hydrogen) atoms. The van der Waals surface area contributed by atoms with Crippen molar-refractivity contribution in [3.05, 3.63) is 84.0 Å². The molecule has 3 aromatic rings. The number of morpholine rings is 1. The van der Waals surface area contributed by atoms with Crippen LogP contribution in [0.1, 0.15) is 5.56 Å². The summed E-state index contributed by atoms with van der Waals surface area (Å²) >= 11 is 1.36. The van der Waals surface area contributed by atoms with Gasteiger partial charge in [0.15, 0.2) is 5.06 Å². The van der Waals surface area contributed by atoms with Gasteiger partial charge >= 0.3 is 6.09 Å². The predicted molar refractivity (Wildman–Crippen MR) is 155 cm³/mol. The lowest BCUT2D eigenvalue weighted by atomic mass is 10.1. The Bertz CT molecular complexity index is 1300. The molecule has 0 spiro atoms.